The molecule has 0 bridgehead atoms. The first-order chi connectivity index (χ1) is 15.5. The molecule has 5 nitrogen and oxygen atoms in total. The molecule has 3 aliphatic rings. The van der Waals surface area contributed by atoms with Gasteiger partial charge in [0.2, 0.25) is 0 Å². The van der Waals surface area contributed by atoms with E-state index in [9.17, 15) is 9.90 Å². The van der Waals surface area contributed by atoms with Crippen molar-refractivity contribution in [2.24, 2.45) is 5.92 Å². The molecule has 0 radical (unpaired) electrons. The molecule has 2 N–H and O–H groups in total. The molecule has 5 rings (SSSR count). The van der Waals surface area contributed by atoms with Gasteiger partial charge in [-0.15, -0.1) is 0 Å². The summed E-state index contributed by atoms with van der Waals surface area (Å²) in [5.74, 6) is 1.12. The molecular formula is C27H34N2O3. The van der Waals surface area contributed by atoms with Crippen LogP contribution in [-0.2, 0) is 10.2 Å². The Kier molecular flexibility index (Phi) is 5.72. The van der Waals surface area contributed by atoms with Crippen molar-refractivity contribution >= 4 is 5.91 Å². The summed E-state index contributed by atoms with van der Waals surface area (Å²) in [4.78, 5) is 15.5. The van der Waals surface area contributed by atoms with Gasteiger partial charge in [-0.05, 0) is 80.8 Å². The lowest BCUT2D eigenvalue weighted by Crippen LogP contribution is -2.68. The van der Waals surface area contributed by atoms with Crippen LogP contribution in [-0.4, -0.2) is 54.3 Å². The Balaban J connectivity index is 1.45. The van der Waals surface area contributed by atoms with Crippen molar-refractivity contribution in [3.05, 3.63) is 65.7 Å². The minimum atomic E-state index is -0.318. The average Bonchev–Trinajstić information content (AvgIpc) is 3.63. The number of benzene rings is 2. The molecule has 3 unspecified atom stereocenters. The van der Waals surface area contributed by atoms with Gasteiger partial charge in [-0.2, -0.15) is 0 Å². The van der Waals surface area contributed by atoms with Crippen LogP contribution in [0.3, 0.4) is 0 Å². The maximum atomic E-state index is 12.9. The summed E-state index contributed by atoms with van der Waals surface area (Å²) in [6.07, 6.45) is 6.27. The van der Waals surface area contributed by atoms with E-state index in [1.54, 1.807) is 6.07 Å². The van der Waals surface area contributed by atoms with Gasteiger partial charge in [-0.3, -0.25) is 4.79 Å². The van der Waals surface area contributed by atoms with E-state index in [4.69, 9.17) is 4.74 Å². The van der Waals surface area contributed by atoms with Gasteiger partial charge in [0.25, 0.3) is 5.91 Å². The summed E-state index contributed by atoms with van der Waals surface area (Å²) < 4.78 is 6.41. The lowest BCUT2D eigenvalue weighted by Gasteiger charge is -2.60. The number of hydrogen-bond acceptors (Lipinski definition) is 4. The first kappa shape index (κ1) is 21.5. The van der Waals surface area contributed by atoms with Crippen LogP contribution in [0.2, 0.25) is 0 Å². The van der Waals surface area contributed by atoms with E-state index in [0.717, 1.165) is 56.8 Å². The number of nitrogens with zero attached hydrogens (tertiary/aromatic N) is 1. The number of phenols is 1. The van der Waals surface area contributed by atoms with Crippen molar-refractivity contribution < 1.29 is 14.6 Å². The standard InChI is InChI=1S/C27H34N2O3/c1-32-27-13-12-23(28-25(31)21-6-3-2-4-7-21)17-26(27,22-8-5-9-24(30)16-22)14-15-29(19-27)18-20-10-11-20/h2-9,16,20,23,30H,10-15,17-19H2,1H3,(H,28,31). The van der Waals surface area contributed by atoms with E-state index in [1.807, 2.05) is 49.6 Å². The summed E-state index contributed by atoms with van der Waals surface area (Å²) in [6, 6.07) is 17.2. The highest BCUT2D eigenvalue weighted by molar-refractivity contribution is 5.94. The summed E-state index contributed by atoms with van der Waals surface area (Å²) in [7, 11) is 1.85. The lowest BCUT2D eigenvalue weighted by atomic mass is 9.55. The number of phenolic OH excluding ortho intramolecular Hbond substituents is 1. The van der Waals surface area contributed by atoms with Crippen molar-refractivity contribution in [3.63, 3.8) is 0 Å². The van der Waals surface area contributed by atoms with Crippen LogP contribution in [0, 0.1) is 5.92 Å². The molecular weight excluding hydrogens is 400 g/mol. The Morgan fingerprint density at radius 1 is 1.12 bits per heavy atom. The summed E-state index contributed by atoms with van der Waals surface area (Å²) in [5.41, 5.74) is 1.26. The Morgan fingerprint density at radius 2 is 1.94 bits per heavy atom. The normalized spacial score (nSPS) is 30.5. The van der Waals surface area contributed by atoms with Crippen molar-refractivity contribution in [3.8, 4) is 5.75 Å². The molecule has 0 aromatic heterocycles. The maximum Gasteiger partial charge on any atom is 0.251 e. The molecule has 2 saturated carbocycles. The molecule has 5 heteroatoms. The van der Waals surface area contributed by atoms with E-state index in [1.165, 1.54) is 12.8 Å². The number of carbonyl (C=O) groups excluding carboxylic acids is 1. The second-order valence-electron chi connectivity index (χ2n) is 10.0. The van der Waals surface area contributed by atoms with Crippen LogP contribution >= 0.6 is 0 Å². The summed E-state index contributed by atoms with van der Waals surface area (Å²) in [6.45, 7) is 3.10. The van der Waals surface area contributed by atoms with Gasteiger partial charge in [0.1, 0.15) is 5.75 Å². The number of amides is 1. The second-order valence-corrected chi connectivity index (χ2v) is 10.0. The first-order valence-electron chi connectivity index (χ1n) is 12.0. The fraction of sp³-hybridized carbons (Fsp3) is 0.519. The first-order valence-corrected chi connectivity index (χ1v) is 12.0. The van der Waals surface area contributed by atoms with Crippen LogP contribution in [0.15, 0.2) is 54.6 Å². The highest BCUT2D eigenvalue weighted by atomic mass is 16.5. The Hall–Kier alpha value is -2.37. The van der Waals surface area contributed by atoms with E-state index in [0.29, 0.717) is 5.56 Å². The number of carbonyl (C=O) groups is 1. The zero-order chi connectivity index (χ0) is 22.2. The number of methoxy groups -OCH3 is 1. The number of hydrogen-bond donors (Lipinski definition) is 2. The molecule has 1 heterocycles. The number of likely N-dealkylation sites (tertiary alicyclic amines) is 1. The van der Waals surface area contributed by atoms with Crippen molar-refractivity contribution in [2.45, 2.75) is 55.6 Å². The molecule has 170 valence electrons. The quantitative estimate of drug-likeness (QED) is 0.718. The largest absolute Gasteiger partial charge is 0.508 e. The molecule has 32 heavy (non-hydrogen) atoms. The molecule has 1 aliphatic heterocycles. The third-order valence-electron chi connectivity index (χ3n) is 8.07. The smallest absolute Gasteiger partial charge is 0.251 e. The Morgan fingerprint density at radius 3 is 2.66 bits per heavy atom. The van der Waals surface area contributed by atoms with Gasteiger partial charge in [-0.25, -0.2) is 0 Å². The van der Waals surface area contributed by atoms with Crippen LogP contribution in [0.5, 0.6) is 5.75 Å². The predicted molar refractivity (Wildman–Crippen MR) is 125 cm³/mol. The van der Waals surface area contributed by atoms with Crippen LogP contribution < -0.4 is 5.32 Å². The zero-order valence-corrected chi connectivity index (χ0v) is 18.9. The van der Waals surface area contributed by atoms with Gasteiger partial charge in [-0.1, -0.05) is 30.3 Å². The molecule has 0 spiro atoms. The number of rotatable bonds is 6. The van der Waals surface area contributed by atoms with Gasteiger partial charge in [0, 0.05) is 37.2 Å². The molecule has 3 fully saturated rings. The van der Waals surface area contributed by atoms with Crippen molar-refractivity contribution in [1.82, 2.24) is 10.2 Å². The monoisotopic (exact) mass is 434 g/mol. The number of nitrogens with one attached hydrogen (secondary N) is 1. The topological polar surface area (TPSA) is 61.8 Å². The highest BCUT2D eigenvalue weighted by Crippen LogP contribution is 2.54. The van der Waals surface area contributed by atoms with Crippen LogP contribution in [0.25, 0.3) is 0 Å². The van der Waals surface area contributed by atoms with E-state index >= 15 is 0 Å². The lowest BCUT2D eigenvalue weighted by molar-refractivity contribution is -0.148. The summed E-state index contributed by atoms with van der Waals surface area (Å²) >= 11 is 0. The number of piperidine rings is 1. The van der Waals surface area contributed by atoms with Gasteiger partial charge < -0.3 is 20.1 Å². The van der Waals surface area contributed by atoms with Crippen molar-refractivity contribution in [2.75, 3.05) is 26.7 Å². The van der Waals surface area contributed by atoms with E-state index in [-0.39, 0.29) is 28.7 Å². The van der Waals surface area contributed by atoms with Crippen LogP contribution in [0.4, 0.5) is 0 Å². The average molecular weight is 435 g/mol. The second kappa shape index (κ2) is 8.53. The Labute approximate surface area is 190 Å². The predicted octanol–water partition coefficient (Wildman–Crippen LogP) is 4.11. The van der Waals surface area contributed by atoms with E-state index < -0.39 is 0 Å². The Bertz CT molecular complexity index is 960. The zero-order valence-electron chi connectivity index (χ0n) is 18.9. The third kappa shape index (κ3) is 3.93. The number of ether oxygens (including phenoxy) is 1. The summed E-state index contributed by atoms with van der Waals surface area (Å²) in [5, 5.41) is 13.6. The highest BCUT2D eigenvalue weighted by Gasteiger charge is 2.59. The maximum absolute atomic E-state index is 12.9. The van der Waals surface area contributed by atoms with Gasteiger partial charge in [0.05, 0.1) is 5.60 Å². The minimum absolute atomic E-state index is 0.0160. The molecule has 2 aromatic carbocycles. The molecule has 2 aromatic rings. The molecule has 3 atom stereocenters. The fourth-order valence-corrected chi connectivity index (χ4v) is 6.20. The molecule has 1 saturated heterocycles. The van der Waals surface area contributed by atoms with Crippen LogP contribution in [0.1, 0.15) is 54.4 Å². The number of aromatic hydroxyl groups is 1. The fourth-order valence-electron chi connectivity index (χ4n) is 6.20. The third-order valence-corrected chi connectivity index (χ3v) is 8.07. The molecule has 1 amide bonds. The molecule has 2 aliphatic carbocycles. The van der Waals surface area contributed by atoms with Gasteiger partial charge in [0.15, 0.2) is 0 Å². The van der Waals surface area contributed by atoms with E-state index in [2.05, 4.69) is 16.3 Å². The minimum Gasteiger partial charge on any atom is -0.508 e. The van der Waals surface area contributed by atoms with Gasteiger partial charge >= 0.3 is 0 Å². The number of fused-ring (bicyclic) bond motifs is 1. The SMILES string of the molecule is COC12CCC(NC(=O)c3ccccc3)CC1(c1cccc(O)c1)CCN(CC1CC1)C2. The van der Waals surface area contributed by atoms with Crippen molar-refractivity contribution in [1.29, 1.82) is 0 Å².